The van der Waals surface area contributed by atoms with Crippen LogP contribution >= 0.6 is 23.4 Å². The zero-order chi connectivity index (χ0) is 15.1. The third-order valence-corrected chi connectivity index (χ3v) is 4.58. The zero-order valence-electron chi connectivity index (χ0n) is 12.1. The molecule has 3 heteroatoms. The van der Waals surface area contributed by atoms with Gasteiger partial charge in [-0.05, 0) is 47.9 Å². The highest BCUT2D eigenvalue weighted by Crippen LogP contribution is 2.23. The van der Waals surface area contributed by atoms with Gasteiger partial charge in [-0.3, -0.25) is 0 Å². The van der Waals surface area contributed by atoms with Crippen molar-refractivity contribution < 1.29 is 4.79 Å². The van der Waals surface area contributed by atoms with Crippen LogP contribution in [-0.4, -0.2) is 11.5 Å². The van der Waals surface area contributed by atoms with Crippen molar-refractivity contribution in [3.05, 3.63) is 59.1 Å². The van der Waals surface area contributed by atoms with E-state index in [0.717, 1.165) is 22.9 Å². The minimum atomic E-state index is 0.280. The monoisotopic (exact) mass is 318 g/mol. The first kappa shape index (κ1) is 16.1. The van der Waals surface area contributed by atoms with Crippen LogP contribution in [0, 0.1) is 0 Å². The standard InChI is InChI=1S/C18H19ClOS/c1-14(20)3-2-12-21-13-15-4-6-16(7-5-15)17-8-10-18(19)11-9-17/h4-11H,2-3,12-13H2,1H3. The number of hydrogen-bond acceptors (Lipinski definition) is 2. The van der Waals surface area contributed by atoms with Crippen molar-refractivity contribution in [3.63, 3.8) is 0 Å². The number of thioether (sulfide) groups is 1. The van der Waals surface area contributed by atoms with Crippen molar-refractivity contribution in [2.75, 3.05) is 5.75 Å². The fourth-order valence-electron chi connectivity index (χ4n) is 2.05. The minimum Gasteiger partial charge on any atom is -0.300 e. The third kappa shape index (κ3) is 5.56. The van der Waals surface area contributed by atoms with Crippen molar-refractivity contribution in [1.82, 2.24) is 0 Å². The largest absolute Gasteiger partial charge is 0.300 e. The Morgan fingerprint density at radius 2 is 1.57 bits per heavy atom. The normalized spacial score (nSPS) is 10.6. The first-order valence-electron chi connectivity index (χ1n) is 7.07. The highest BCUT2D eigenvalue weighted by molar-refractivity contribution is 7.98. The number of hydrogen-bond donors (Lipinski definition) is 0. The molecule has 0 amide bonds. The molecule has 0 spiro atoms. The van der Waals surface area contributed by atoms with Gasteiger partial charge in [0.05, 0.1) is 0 Å². The van der Waals surface area contributed by atoms with Gasteiger partial charge in [0.1, 0.15) is 5.78 Å². The summed E-state index contributed by atoms with van der Waals surface area (Å²) in [5.74, 6) is 2.32. The maximum absolute atomic E-state index is 10.9. The van der Waals surface area contributed by atoms with E-state index >= 15 is 0 Å². The van der Waals surface area contributed by atoms with Gasteiger partial charge in [-0.1, -0.05) is 48.0 Å². The van der Waals surface area contributed by atoms with Crippen LogP contribution in [0.2, 0.25) is 5.02 Å². The average Bonchev–Trinajstić information content (AvgIpc) is 2.48. The van der Waals surface area contributed by atoms with E-state index in [4.69, 9.17) is 11.6 Å². The highest BCUT2D eigenvalue weighted by atomic mass is 35.5. The maximum atomic E-state index is 10.9. The number of Topliss-reactive ketones (excluding diaryl/α,β-unsaturated/α-hetero) is 1. The Morgan fingerprint density at radius 3 is 2.14 bits per heavy atom. The quantitative estimate of drug-likeness (QED) is 0.617. The number of benzene rings is 2. The molecule has 0 fully saturated rings. The summed E-state index contributed by atoms with van der Waals surface area (Å²) in [6.45, 7) is 1.65. The fourth-order valence-corrected chi connectivity index (χ4v) is 3.10. The molecule has 0 heterocycles. The number of carbonyl (C=O) groups is 1. The number of halogens is 1. The molecule has 0 unspecified atom stereocenters. The SMILES string of the molecule is CC(=O)CCCSCc1ccc(-c2ccc(Cl)cc2)cc1. The molecule has 2 aromatic rings. The van der Waals surface area contributed by atoms with Gasteiger partial charge >= 0.3 is 0 Å². The molecular formula is C18H19ClOS. The van der Waals surface area contributed by atoms with Gasteiger partial charge in [0, 0.05) is 17.2 Å². The molecule has 0 N–H and O–H groups in total. The van der Waals surface area contributed by atoms with E-state index < -0.39 is 0 Å². The van der Waals surface area contributed by atoms with Gasteiger partial charge < -0.3 is 4.79 Å². The summed E-state index contributed by atoms with van der Waals surface area (Å²) < 4.78 is 0. The molecule has 0 saturated heterocycles. The molecule has 1 nitrogen and oxygen atoms in total. The third-order valence-electron chi connectivity index (χ3n) is 3.22. The van der Waals surface area contributed by atoms with Gasteiger partial charge in [-0.2, -0.15) is 11.8 Å². The Labute approximate surface area is 135 Å². The number of carbonyl (C=O) groups excluding carboxylic acids is 1. The van der Waals surface area contributed by atoms with Crippen LogP contribution in [0.4, 0.5) is 0 Å². The Morgan fingerprint density at radius 1 is 1.00 bits per heavy atom. The van der Waals surface area contributed by atoms with Crippen molar-refractivity contribution in [2.24, 2.45) is 0 Å². The second-order valence-corrected chi connectivity index (χ2v) is 6.60. The maximum Gasteiger partial charge on any atom is 0.129 e. The summed E-state index contributed by atoms with van der Waals surface area (Å²) in [6, 6.07) is 16.5. The van der Waals surface area contributed by atoms with Crippen molar-refractivity contribution in [1.29, 1.82) is 0 Å². The van der Waals surface area contributed by atoms with Crippen LogP contribution in [0.5, 0.6) is 0 Å². The lowest BCUT2D eigenvalue weighted by Gasteiger charge is -2.05. The van der Waals surface area contributed by atoms with Gasteiger partial charge in [0.25, 0.3) is 0 Å². The lowest BCUT2D eigenvalue weighted by molar-refractivity contribution is -0.117. The number of ketones is 1. The molecule has 2 rings (SSSR count). The molecule has 0 radical (unpaired) electrons. The van der Waals surface area contributed by atoms with Gasteiger partial charge in [-0.25, -0.2) is 0 Å². The van der Waals surface area contributed by atoms with E-state index in [1.165, 1.54) is 16.7 Å². The first-order chi connectivity index (χ1) is 10.1. The Balaban J connectivity index is 1.84. The first-order valence-corrected chi connectivity index (χ1v) is 8.60. The lowest BCUT2D eigenvalue weighted by atomic mass is 10.0. The van der Waals surface area contributed by atoms with Crippen LogP contribution in [0.15, 0.2) is 48.5 Å². The average molecular weight is 319 g/mol. The van der Waals surface area contributed by atoms with Gasteiger partial charge in [0.2, 0.25) is 0 Å². The smallest absolute Gasteiger partial charge is 0.129 e. The summed E-state index contributed by atoms with van der Waals surface area (Å²) >= 11 is 7.79. The van der Waals surface area contributed by atoms with Crippen LogP contribution in [0.3, 0.4) is 0 Å². The summed E-state index contributed by atoms with van der Waals surface area (Å²) in [5.41, 5.74) is 3.71. The van der Waals surface area contributed by atoms with Gasteiger partial charge in [-0.15, -0.1) is 0 Å². The minimum absolute atomic E-state index is 0.280. The van der Waals surface area contributed by atoms with Crippen LogP contribution in [0.1, 0.15) is 25.3 Å². The van der Waals surface area contributed by atoms with Gasteiger partial charge in [0.15, 0.2) is 0 Å². The van der Waals surface area contributed by atoms with E-state index in [9.17, 15) is 4.79 Å². The Kier molecular flexibility index (Phi) is 6.34. The predicted octanol–water partition coefficient (Wildman–Crippen LogP) is 5.61. The Bertz CT molecular complexity index is 575. The second-order valence-electron chi connectivity index (χ2n) is 5.06. The van der Waals surface area contributed by atoms with Crippen LogP contribution in [0.25, 0.3) is 11.1 Å². The summed E-state index contributed by atoms with van der Waals surface area (Å²) in [7, 11) is 0. The molecule has 0 aliphatic rings. The molecule has 0 bridgehead atoms. The zero-order valence-corrected chi connectivity index (χ0v) is 13.7. The van der Waals surface area contributed by atoms with E-state index in [-0.39, 0.29) is 5.78 Å². The van der Waals surface area contributed by atoms with Crippen molar-refractivity contribution >= 4 is 29.1 Å². The second kappa shape index (κ2) is 8.26. The van der Waals surface area contributed by atoms with E-state index in [1.54, 1.807) is 6.92 Å². The predicted molar refractivity (Wildman–Crippen MR) is 93.0 cm³/mol. The fraction of sp³-hybridized carbons (Fsp3) is 0.278. The van der Waals surface area contributed by atoms with Crippen molar-refractivity contribution in [3.8, 4) is 11.1 Å². The molecule has 21 heavy (non-hydrogen) atoms. The molecule has 110 valence electrons. The van der Waals surface area contributed by atoms with Crippen LogP contribution in [-0.2, 0) is 10.5 Å². The number of rotatable bonds is 7. The molecule has 0 aromatic heterocycles. The molecule has 0 aliphatic carbocycles. The molecule has 0 atom stereocenters. The topological polar surface area (TPSA) is 17.1 Å². The molecule has 2 aromatic carbocycles. The highest BCUT2D eigenvalue weighted by Gasteiger charge is 1.99. The van der Waals surface area contributed by atoms with E-state index in [2.05, 4.69) is 24.3 Å². The summed E-state index contributed by atoms with van der Waals surface area (Å²) in [6.07, 6.45) is 1.67. The van der Waals surface area contributed by atoms with Crippen LogP contribution < -0.4 is 0 Å². The summed E-state index contributed by atoms with van der Waals surface area (Å²) in [5, 5.41) is 0.761. The molecular weight excluding hydrogens is 300 g/mol. The Hall–Kier alpha value is -1.25. The molecule has 0 aliphatic heterocycles. The lowest BCUT2D eigenvalue weighted by Crippen LogP contribution is -1.91. The molecule has 0 saturated carbocycles. The van der Waals surface area contributed by atoms with E-state index in [0.29, 0.717) is 6.42 Å². The van der Waals surface area contributed by atoms with E-state index in [1.807, 2.05) is 36.0 Å². The van der Waals surface area contributed by atoms with Crippen molar-refractivity contribution in [2.45, 2.75) is 25.5 Å². The summed E-state index contributed by atoms with van der Waals surface area (Å²) in [4.78, 5) is 10.9.